The summed E-state index contributed by atoms with van der Waals surface area (Å²) in [6.07, 6.45) is 2.67. The van der Waals surface area contributed by atoms with Gasteiger partial charge in [0.25, 0.3) is 0 Å². The van der Waals surface area contributed by atoms with E-state index in [2.05, 4.69) is 17.6 Å². The third-order valence-electron chi connectivity index (χ3n) is 2.23. The van der Waals surface area contributed by atoms with Crippen molar-refractivity contribution in [1.82, 2.24) is 10.6 Å². The maximum absolute atomic E-state index is 3.44. The van der Waals surface area contributed by atoms with E-state index in [0.717, 1.165) is 12.0 Å². The zero-order valence-corrected chi connectivity index (χ0v) is 6.98. The molecule has 0 bridgehead atoms. The molecule has 0 spiro atoms. The van der Waals surface area contributed by atoms with E-state index in [4.69, 9.17) is 0 Å². The van der Waals surface area contributed by atoms with Gasteiger partial charge in [-0.05, 0) is 45.8 Å². The van der Waals surface area contributed by atoms with Crippen molar-refractivity contribution in [2.75, 3.05) is 20.1 Å². The first-order chi connectivity index (χ1) is 4.83. The molecule has 1 rings (SSSR count). The third-order valence-corrected chi connectivity index (χ3v) is 2.23. The molecule has 2 heteroatoms. The van der Waals surface area contributed by atoms with Crippen molar-refractivity contribution >= 4 is 0 Å². The summed E-state index contributed by atoms with van der Waals surface area (Å²) < 4.78 is 0. The Kier molecular flexibility index (Phi) is 3.16. The molecule has 60 valence electrons. The molecule has 1 fully saturated rings. The van der Waals surface area contributed by atoms with Crippen molar-refractivity contribution in [2.24, 2.45) is 5.92 Å². The minimum atomic E-state index is 0.729. The van der Waals surface area contributed by atoms with Crippen LogP contribution >= 0.6 is 0 Å². The topological polar surface area (TPSA) is 24.1 Å². The number of hydrogen-bond donors (Lipinski definition) is 2. The highest BCUT2D eigenvalue weighted by Gasteiger charge is 2.16. The van der Waals surface area contributed by atoms with Crippen molar-refractivity contribution in [3.8, 4) is 0 Å². The molecule has 1 aliphatic rings. The lowest BCUT2D eigenvalue weighted by atomic mass is 9.93. The Morgan fingerprint density at radius 1 is 1.60 bits per heavy atom. The van der Waals surface area contributed by atoms with E-state index in [1.165, 1.54) is 25.9 Å². The molecular weight excluding hydrogens is 124 g/mol. The van der Waals surface area contributed by atoms with Crippen LogP contribution in [0.4, 0.5) is 0 Å². The largest absolute Gasteiger partial charge is 0.319 e. The maximum atomic E-state index is 3.44. The molecule has 0 aromatic carbocycles. The van der Waals surface area contributed by atoms with Gasteiger partial charge in [0.05, 0.1) is 0 Å². The minimum absolute atomic E-state index is 0.729. The Morgan fingerprint density at radius 3 is 3.00 bits per heavy atom. The molecule has 2 atom stereocenters. The second-order valence-electron chi connectivity index (χ2n) is 3.30. The van der Waals surface area contributed by atoms with Gasteiger partial charge >= 0.3 is 0 Å². The van der Waals surface area contributed by atoms with Crippen molar-refractivity contribution in [3.05, 3.63) is 0 Å². The summed E-state index contributed by atoms with van der Waals surface area (Å²) in [5, 5.41) is 6.67. The van der Waals surface area contributed by atoms with Crippen LogP contribution < -0.4 is 10.6 Å². The number of rotatable bonds is 2. The summed E-state index contributed by atoms with van der Waals surface area (Å²) in [6, 6.07) is 0.729. The first-order valence-electron chi connectivity index (χ1n) is 4.21. The van der Waals surface area contributed by atoms with Gasteiger partial charge in [0.1, 0.15) is 0 Å². The summed E-state index contributed by atoms with van der Waals surface area (Å²) in [4.78, 5) is 0. The summed E-state index contributed by atoms with van der Waals surface area (Å²) in [5.41, 5.74) is 0. The van der Waals surface area contributed by atoms with E-state index in [0.29, 0.717) is 0 Å². The highest BCUT2D eigenvalue weighted by Crippen LogP contribution is 2.14. The van der Waals surface area contributed by atoms with Crippen LogP contribution in [-0.4, -0.2) is 26.2 Å². The van der Waals surface area contributed by atoms with E-state index in [1.54, 1.807) is 0 Å². The minimum Gasteiger partial charge on any atom is -0.319 e. The summed E-state index contributed by atoms with van der Waals surface area (Å²) in [6.45, 7) is 4.65. The van der Waals surface area contributed by atoms with E-state index < -0.39 is 0 Å². The van der Waals surface area contributed by atoms with E-state index in [-0.39, 0.29) is 0 Å². The highest BCUT2D eigenvalue weighted by molar-refractivity contribution is 4.75. The average Bonchev–Trinajstić information content (AvgIpc) is 1.88. The molecule has 2 N–H and O–H groups in total. The first-order valence-corrected chi connectivity index (χ1v) is 4.21. The van der Waals surface area contributed by atoms with Crippen LogP contribution in [0.3, 0.4) is 0 Å². The molecule has 0 amide bonds. The fraction of sp³-hybridized carbons (Fsp3) is 1.00. The molecule has 0 aliphatic carbocycles. The lowest BCUT2D eigenvalue weighted by Crippen LogP contribution is -2.38. The molecule has 0 aromatic rings. The second-order valence-corrected chi connectivity index (χ2v) is 3.30. The Labute approximate surface area is 63.4 Å². The molecule has 2 unspecified atom stereocenters. The van der Waals surface area contributed by atoms with Gasteiger partial charge in [-0.15, -0.1) is 0 Å². The van der Waals surface area contributed by atoms with Crippen LogP contribution in [0.5, 0.6) is 0 Å². The van der Waals surface area contributed by atoms with Crippen LogP contribution in [0.25, 0.3) is 0 Å². The molecule has 1 aliphatic heterocycles. The quantitative estimate of drug-likeness (QED) is 0.590. The van der Waals surface area contributed by atoms with Crippen molar-refractivity contribution < 1.29 is 0 Å². The van der Waals surface area contributed by atoms with E-state index in [9.17, 15) is 0 Å². The SMILES string of the molecule is CNCC1CCNC(C)C1. The molecule has 0 aromatic heterocycles. The average molecular weight is 142 g/mol. The Hall–Kier alpha value is -0.0800. The van der Waals surface area contributed by atoms with Crippen molar-refractivity contribution in [2.45, 2.75) is 25.8 Å². The fourth-order valence-electron chi connectivity index (χ4n) is 1.71. The van der Waals surface area contributed by atoms with Crippen LogP contribution in [0.1, 0.15) is 19.8 Å². The van der Waals surface area contributed by atoms with Crippen LogP contribution in [0, 0.1) is 5.92 Å². The summed E-state index contributed by atoms with van der Waals surface area (Å²) >= 11 is 0. The predicted molar refractivity (Wildman–Crippen MR) is 44.1 cm³/mol. The number of nitrogens with one attached hydrogen (secondary N) is 2. The molecule has 10 heavy (non-hydrogen) atoms. The molecule has 1 heterocycles. The number of hydrogen-bond acceptors (Lipinski definition) is 2. The zero-order valence-electron chi connectivity index (χ0n) is 6.98. The highest BCUT2D eigenvalue weighted by atomic mass is 14.9. The summed E-state index contributed by atoms with van der Waals surface area (Å²) in [5.74, 6) is 0.904. The van der Waals surface area contributed by atoms with Crippen LogP contribution in [0.15, 0.2) is 0 Å². The smallest absolute Gasteiger partial charge is 0.00418 e. The number of piperidine rings is 1. The normalized spacial score (nSPS) is 34.2. The van der Waals surface area contributed by atoms with Gasteiger partial charge in [0.15, 0.2) is 0 Å². The van der Waals surface area contributed by atoms with Crippen molar-refractivity contribution in [3.63, 3.8) is 0 Å². The lowest BCUT2D eigenvalue weighted by molar-refractivity contribution is 0.310. The lowest BCUT2D eigenvalue weighted by Gasteiger charge is -2.27. The van der Waals surface area contributed by atoms with Crippen LogP contribution in [-0.2, 0) is 0 Å². The maximum Gasteiger partial charge on any atom is 0.00418 e. The van der Waals surface area contributed by atoms with Gasteiger partial charge < -0.3 is 10.6 Å². The Morgan fingerprint density at radius 2 is 2.40 bits per heavy atom. The monoisotopic (exact) mass is 142 g/mol. The van der Waals surface area contributed by atoms with Crippen LogP contribution in [0.2, 0.25) is 0 Å². The summed E-state index contributed by atoms with van der Waals surface area (Å²) in [7, 11) is 2.03. The van der Waals surface area contributed by atoms with Gasteiger partial charge in [-0.1, -0.05) is 0 Å². The molecular formula is C8H18N2. The molecule has 0 radical (unpaired) electrons. The molecule has 2 nitrogen and oxygen atoms in total. The van der Waals surface area contributed by atoms with Gasteiger partial charge in [-0.2, -0.15) is 0 Å². The Bertz CT molecular complexity index is 91.3. The molecule has 0 saturated carbocycles. The predicted octanol–water partition coefficient (Wildman–Crippen LogP) is 0.594. The van der Waals surface area contributed by atoms with E-state index >= 15 is 0 Å². The van der Waals surface area contributed by atoms with E-state index in [1.807, 2.05) is 7.05 Å². The first kappa shape index (κ1) is 8.02. The van der Waals surface area contributed by atoms with Crippen molar-refractivity contribution in [1.29, 1.82) is 0 Å². The van der Waals surface area contributed by atoms with Gasteiger partial charge in [-0.25, -0.2) is 0 Å². The zero-order chi connectivity index (χ0) is 7.40. The fourth-order valence-corrected chi connectivity index (χ4v) is 1.71. The third kappa shape index (κ3) is 2.27. The standard InChI is InChI=1S/C8H18N2/c1-7-5-8(6-9-2)3-4-10-7/h7-10H,3-6H2,1-2H3. The van der Waals surface area contributed by atoms with Gasteiger partial charge in [0, 0.05) is 6.04 Å². The Balaban J connectivity index is 2.18. The molecule has 1 saturated heterocycles. The second kappa shape index (κ2) is 3.94. The van der Waals surface area contributed by atoms with Gasteiger partial charge in [0.2, 0.25) is 0 Å². The van der Waals surface area contributed by atoms with Gasteiger partial charge in [-0.3, -0.25) is 0 Å².